The van der Waals surface area contributed by atoms with Gasteiger partial charge in [-0.25, -0.2) is 4.98 Å². The molecule has 3 aromatic rings. The monoisotopic (exact) mass is 421 g/mol. The van der Waals surface area contributed by atoms with E-state index in [1.807, 2.05) is 28.9 Å². The summed E-state index contributed by atoms with van der Waals surface area (Å²) in [6, 6.07) is 9.99. The summed E-state index contributed by atoms with van der Waals surface area (Å²) < 4.78 is 32.0. The molecule has 0 fully saturated rings. The third kappa shape index (κ3) is 4.66. The fourth-order valence-electron chi connectivity index (χ4n) is 2.33. The molecule has 8 heteroatoms. The number of hydrogen-bond donors (Lipinski definition) is 1. The zero-order valence-electron chi connectivity index (χ0n) is 13.4. The molecular formula is C18H14BrF2N3O2. The first-order valence-corrected chi connectivity index (χ1v) is 8.43. The first-order valence-electron chi connectivity index (χ1n) is 7.64. The van der Waals surface area contributed by atoms with E-state index in [1.165, 1.54) is 18.2 Å². The lowest BCUT2D eigenvalue weighted by molar-refractivity contribution is -0.116. The van der Waals surface area contributed by atoms with Gasteiger partial charge >= 0.3 is 6.61 Å². The molecule has 2 aromatic heterocycles. The Bertz CT molecular complexity index is 957. The number of hydrogen-bond acceptors (Lipinski definition) is 3. The first kappa shape index (κ1) is 18.1. The van der Waals surface area contributed by atoms with Crippen molar-refractivity contribution in [3.05, 3.63) is 70.6 Å². The normalized spacial score (nSPS) is 11.4. The number of nitrogens with one attached hydrogen (secondary N) is 1. The SMILES string of the molecule is O=C(/C=C/c1ccccc1OC(F)F)NCc1cn2cc(Br)ccc2n1. The summed E-state index contributed by atoms with van der Waals surface area (Å²) in [5.41, 5.74) is 1.86. The summed E-state index contributed by atoms with van der Waals surface area (Å²) in [6.07, 6.45) is 6.37. The van der Waals surface area contributed by atoms with Crippen LogP contribution in [0.1, 0.15) is 11.3 Å². The van der Waals surface area contributed by atoms with Gasteiger partial charge in [0, 0.05) is 28.5 Å². The lowest BCUT2D eigenvalue weighted by atomic mass is 10.2. The maximum Gasteiger partial charge on any atom is 0.387 e. The molecule has 1 N–H and O–H groups in total. The molecule has 1 amide bonds. The molecule has 0 aliphatic carbocycles. The Labute approximate surface area is 156 Å². The van der Waals surface area contributed by atoms with Crippen LogP contribution in [0.25, 0.3) is 11.7 Å². The summed E-state index contributed by atoms with van der Waals surface area (Å²) in [5, 5.41) is 2.70. The van der Waals surface area contributed by atoms with E-state index in [0.717, 1.165) is 10.1 Å². The molecule has 26 heavy (non-hydrogen) atoms. The molecule has 5 nitrogen and oxygen atoms in total. The van der Waals surface area contributed by atoms with E-state index < -0.39 is 6.61 Å². The highest BCUT2D eigenvalue weighted by Gasteiger charge is 2.08. The van der Waals surface area contributed by atoms with Crippen LogP contribution in [0, 0.1) is 0 Å². The Kier molecular flexibility index (Phi) is 5.62. The number of rotatable bonds is 6. The first-order chi connectivity index (χ1) is 12.5. The van der Waals surface area contributed by atoms with Crippen LogP contribution >= 0.6 is 15.9 Å². The van der Waals surface area contributed by atoms with Gasteiger partial charge in [0.1, 0.15) is 11.4 Å². The zero-order chi connectivity index (χ0) is 18.5. The lowest BCUT2D eigenvalue weighted by Crippen LogP contribution is -2.20. The number of nitrogens with zero attached hydrogens (tertiary/aromatic N) is 2. The van der Waals surface area contributed by atoms with Gasteiger partial charge in [-0.3, -0.25) is 4.79 Å². The number of aromatic nitrogens is 2. The number of amides is 1. The molecule has 0 bridgehead atoms. The number of fused-ring (bicyclic) bond motifs is 1. The molecule has 2 heterocycles. The maximum absolute atomic E-state index is 12.4. The van der Waals surface area contributed by atoms with Crippen molar-refractivity contribution < 1.29 is 18.3 Å². The Hall–Kier alpha value is -2.74. The molecule has 0 radical (unpaired) electrons. The Balaban J connectivity index is 1.62. The second-order valence-corrected chi connectivity index (χ2v) is 6.23. The third-order valence-corrected chi connectivity index (χ3v) is 3.93. The molecule has 0 saturated heterocycles. The predicted molar refractivity (Wildman–Crippen MR) is 96.8 cm³/mol. The van der Waals surface area contributed by atoms with Crippen LogP contribution in [0.4, 0.5) is 8.78 Å². The van der Waals surface area contributed by atoms with E-state index in [2.05, 4.69) is 31.0 Å². The molecular weight excluding hydrogens is 408 g/mol. The number of ether oxygens (including phenoxy) is 1. The highest BCUT2D eigenvalue weighted by molar-refractivity contribution is 9.10. The van der Waals surface area contributed by atoms with Gasteiger partial charge in [-0.2, -0.15) is 8.78 Å². The van der Waals surface area contributed by atoms with Crippen molar-refractivity contribution in [2.45, 2.75) is 13.2 Å². The maximum atomic E-state index is 12.4. The van der Waals surface area contributed by atoms with Gasteiger partial charge in [-0.15, -0.1) is 0 Å². The molecule has 0 atom stereocenters. The largest absolute Gasteiger partial charge is 0.434 e. The van der Waals surface area contributed by atoms with Crippen molar-refractivity contribution in [1.29, 1.82) is 0 Å². The van der Waals surface area contributed by atoms with Crippen molar-refractivity contribution in [2.24, 2.45) is 0 Å². The number of benzene rings is 1. The van der Waals surface area contributed by atoms with Gasteiger partial charge in [-0.1, -0.05) is 18.2 Å². The van der Waals surface area contributed by atoms with Crippen LogP contribution in [0.15, 0.2) is 59.3 Å². The van der Waals surface area contributed by atoms with E-state index in [0.29, 0.717) is 11.3 Å². The second-order valence-electron chi connectivity index (χ2n) is 5.31. The summed E-state index contributed by atoms with van der Waals surface area (Å²) in [6.45, 7) is -2.68. The highest BCUT2D eigenvalue weighted by atomic mass is 79.9. The Morgan fingerprint density at radius 2 is 2.08 bits per heavy atom. The fraction of sp³-hybridized carbons (Fsp3) is 0.111. The van der Waals surface area contributed by atoms with Crippen LogP contribution in [0.5, 0.6) is 5.75 Å². The number of carbonyl (C=O) groups excluding carboxylic acids is 1. The van der Waals surface area contributed by atoms with Gasteiger partial charge in [0.25, 0.3) is 0 Å². The minimum Gasteiger partial charge on any atom is -0.434 e. The van der Waals surface area contributed by atoms with Gasteiger partial charge in [-0.05, 0) is 40.2 Å². The summed E-state index contributed by atoms with van der Waals surface area (Å²) >= 11 is 3.38. The van der Waals surface area contributed by atoms with Crippen LogP contribution in [0.3, 0.4) is 0 Å². The smallest absolute Gasteiger partial charge is 0.387 e. The third-order valence-electron chi connectivity index (χ3n) is 3.46. The number of alkyl halides is 2. The number of para-hydroxylation sites is 1. The topological polar surface area (TPSA) is 55.6 Å². The predicted octanol–water partition coefficient (Wildman–Crippen LogP) is 4.03. The van der Waals surface area contributed by atoms with Gasteiger partial charge in [0.05, 0.1) is 12.2 Å². The van der Waals surface area contributed by atoms with E-state index in [-0.39, 0.29) is 18.2 Å². The van der Waals surface area contributed by atoms with Crippen LogP contribution in [-0.4, -0.2) is 21.9 Å². The average Bonchev–Trinajstić information content (AvgIpc) is 3.00. The average molecular weight is 422 g/mol. The van der Waals surface area contributed by atoms with E-state index in [1.54, 1.807) is 18.2 Å². The number of carbonyl (C=O) groups is 1. The fourth-order valence-corrected chi connectivity index (χ4v) is 2.68. The van der Waals surface area contributed by atoms with Gasteiger partial charge in [0.15, 0.2) is 0 Å². The quantitative estimate of drug-likeness (QED) is 0.611. The summed E-state index contributed by atoms with van der Waals surface area (Å²) in [4.78, 5) is 16.4. The Morgan fingerprint density at radius 3 is 2.88 bits per heavy atom. The van der Waals surface area contributed by atoms with Crippen molar-refractivity contribution >= 4 is 33.6 Å². The van der Waals surface area contributed by atoms with Gasteiger partial charge in [0.2, 0.25) is 5.91 Å². The molecule has 3 rings (SSSR count). The van der Waals surface area contributed by atoms with Crippen LogP contribution in [0.2, 0.25) is 0 Å². The summed E-state index contributed by atoms with van der Waals surface area (Å²) in [7, 11) is 0. The molecule has 0 aliphatic heterocycles. The lowest BCUT2D eigenvalue weighted by Gasteiger charge is -2.07. The van der Waals surface area contributed by atoms with E-state index >= 15 is 0 Å². The van der Waals surface area contributed by atoms with Crippen LogP contribution < -0.4 is 10.1 Å². The van der Waals surface area contributed by atoms with Crippen molar-refractivity contribution in [3.63, 3.8) is 0 Å². The second kappa shape index (κ2) is 8.09. The zero-order valence-corrected chi connectivity index (χ0v) is 15.0. The summed E-state index contributed by atoms with van der Waals surface area (Å²) in [5.74, 6) is -0.354. The van der Waals surface area contributed by atoms with Crippen molar-refractivity contribution in [1.82, 2.24) is 14.7 Å². The van der Waals surface area contributed by atoms with Gasteiger partial charge < -0.3 is 14.5 Å². The minimum atomic E-state index is -2.92. The molecule has 0 unspecified atom stereocenters. The number of halogens is 3. The molecule has 1 aromatic carbocycles. The molecule has 0 aliphatic rings. The van der Waals surface area contributed by atoms with E-state index in [4.69, 9.17) is 0 Å². The van der Waals surface area contributed by atoms with Crippen LogP contribution in [-0.2, 0) is 11.3 Å². The molecule has 134 valence electrons. The number of imidazole rings is 1. The number of pyridine rings is 1. The standard InChI is InChI=1S/C18H14BrF2N3O2/c19-13-6-7-16-23-14(11-24(16)10-13)9-22-17(25)8-5-12-3-1-2-4-15(12)26-18(20)21/h1-8,10-11,18H,9H2,(H,22,25)/b8-5+. The van der Waals surface area contributed by atoms with E-state index in [9.17, 15) is 13.6 Å². The molecule has 0 saturated carbocycles. The Morgan fingerprint density at radius 1 is 1.27 bits per heavy atom. The van der Waals surface area contributed by atoms with Crippen molar-refractivity contribution in [3.8, 4) is 5.75 Å². The van der Waals surface area contributed by atoms with Crippen molar-refractivity contribution in [2.75, 3.05) is 0 Å². The molecule has 0 spiro atoms. The highest BCUT2D eigenvalue weighted by Crippen LogP contribution is 2.21. The minimum absolute atomic E-state index is 0.0116.